The van der Waals surface area contributed by atoms with Gasteiger partial charge in [0, 0.05) is 17.3 Å². The molecule has 0 saturated heterocycles. The van der Waals surface area contributed by atoms with E-state index in [0.717, 1.165) is 0 Å². The van der Waals surface area contributed by atoms with Gasteiger partial charge in [-0.1, -0.05) is 0 Å². The summed E-state index contributed by atoms with van der Waals surface area (Å²) >= 11 is 0. The van der Waals surface area contributed by atoms with Gasteiger partial charge in [0.25, 0.3) is 6.43 Å². The van der Waals surface area contributed by atoms with Crippen molar-refractivity contribution in [1.29, 1.82) is 0 Å². The molecule has 0 aromatic carbocycles. The number of aromatic nitrogens is 1. The van der Waals surface area contributed by atoms with Crippen LogP contribution in [0.2, 0.25) is 0 Å². The molecule has 0 aliphatic heterocycles. The summed E-state index contributed by atoms with van der Waals surface area (Å²) in [6, 6.07) is 0. The van der Waals surface area contributed by atoms with E-state index in [1.807, 2.05) is 0 Å². The molecule has 0 atom stereocenters. The number of anilines is 1. The lowest BCUT2D eigenvalue weighted by Crippen LogP contribution is -2.05. The molecule has 0 aliphatic rings. The second-order valence-corrected chi connectivity index (χ2v) is 2.68. The smallest absolute Gasteiger partial charge is 0.264 e. The molecule has 1 aromatic rings. The maximum Gasteiger partial charge on any atom is 0.264 e. The van der Waals surface area contributed by atoms with Crippen LogP contribution in [0.1, 0.15) is 23.1 Å². The van der Waals surface area contributed by atoms with Crippen molar-refractivity contribution in [2.24, 2.45) is 0 Å². The molecule has 0 spiro atoms. The maximum absolute atomic E-state index is 12.5. The molecule has 13 heavy (non-hydrogen) atoms. The van der Waals surface area contributed by atoms with Gasteiger partial charge in [-0.25, -0.2) is 13.8 Å². The Morgan fingerprint density at radius 2 is 2.23 bits per heavy atom. The van der Waals surface area contributed by atoms with E-state index in [9.17, 15) is 8.78 Å². The highest BCUT2D eigenvalue weighted by Crippen LogP contribution is 2.28. The molecule has 0 bridgehead atoms. The summed E-state index contributed by atoms with van der Waals surface area (Å²) in [5.41, 5.74) is 5.49. The summed E-state index contributed by atoms with van der Waals surface area (Å²) in [6.07, 6.45) is -1.36. The summed E-state index contributed by atoms with van der Waals surface area (Å²) in [5.74, 6) is -0.0385. The molecule has 72 valence electrons. The number of aliphatic hydroxyl groups is 1. The molecule has 0 unspecified atom stereocenters. The fraction of sp³-hybridized carbons (Fsp3) is 0.375. The van der Waals surface area contributed by atoms with Crippen LogP contribution in [-0.4, -0.2) is 10.1 Å². The first-order chi connectivity index (χ1) is 6.07. The molecule has 0 amide bonds. The Morgan fingerprint density at radius 1 is 1.62 bits per heavy atom. The van der Waals surface area contributed by atoms with Crippen LogP contribution in [-0.2, 0) is 6.61 Å². The quantitative estimate of drug-likeness (QED) is 0.737. The molecule has 0 radical (unpaired) electrons. The Labute approximate surface area is 74.2 Å². The molecule has 0 aliphatic carbocycles. The molecule has 1 aromatic heterocycles. The first kappa shape index (κ1) is 9.85. The van der Waals surface area contributed by atoms with Crippen LogP contribution in [0.3, 0.4) is 0 Å². The molecule has 3 nitrogen and oxygen atoms in total. The molecular weight excluding hydrogens is 178 g/mol. The van der Waals surface area contributed by atoms with Crippen molar-refractivity contribution in [3.8, 4) is 0 Å². The van der Waals surface area contributed by atoms with Crippen LogP contribution in [0.25, 0.3) is 0 Å². The number of hydrogen-bond acceptors (Lipinski definition) is 3. The Hall–Kier alpha value is -1.23. The van der Waals surface area contributed by atoms with Crippen molar-refractivity contribution < 1.29 is 13.9 Å². The van der Waals surface area contributed by atoms with Gasteiger partial charge in [-0.2, -0.15) is 0 Å². The number of pyridine rings is 1. The molecule has 1 heterocycles. The lowest BCUT2D eigenvalue weighted by Gasteiger charge is -2.11. The van der Waals surface area contributed by atoms with Crippen molar-refractivity contribution in [3.05, 3.63) is 22.9 Å². The van der Waals surface area contributed by atoms with E-state index in [0.29, 0.717) is 5.56 Å². The SMILES string of the molecule is Cc1cnc(N)c(CO)c1C(F)F. The summed E-state index contributed by atoms with van der Waals surface area (Å²) in [6.45, 7) is 0.993. The van der Waals surface area contributed by atoms with E-state index in [2.05, 4.69) is 4.98 Å². The lowest BCUT2D eigenvalue weighted by molar-refractivity contribution is 0.146. The van der Waals surface area contributed by atoms with Crippen molar-refractivity contribution in [2.75, 3.05) is 5.73 Å². The first-order valence-electron chi connectivity index (χ1n) is 3.70. The standard InChI is InChI=1S/C8H10F2N2O/c1-4-2-12-8(11)5(3-13)6(4)7(9)10/h2,7,13H,3H2,1H3,(H2,11,12). The highest BCUT2D eigenvalue weighted by atomic mass is 19.3. The monoisotopic (exact) mass is 188 g/mol. The van der Waals surface area contributed by atoms with Crippen LogP contribution in [0.5, 0.6) is 0 Å². The number of nitrogens with zero attached hydrogens (tertiary/aromatic N) is 1. The van der Waals surface area contributed by atoms with Crippen molar-refractivity contribution >= 4 is 5.82 Å². The second kappa shape index (κ2) is 3.66. The van der Waals surface area contributed by atoms with Crippen LogP contribution in [0.4, 0.5) is 14.6 Å². The minimum atomic E-state index is -2.63. The van der Waals surface area contributed by atoms with Crippen molar-refractivity contribution in [2.45, 2.75) is 20.0 Å². The molecule has 0 fully saturated rings. The average Bonchev–Trinajstić information content (AvgIpc) is 2.07. The highest BCUT2D eigenvalue weighted by molar-refractivity contribution is 5.47. The minimum Gasteiger partial charge on any atom is -0.392 e. The third-order valence-electron chi connectivity index (χ3n) is 1.83. The Bertz CT molecular complexity index is 315. The first-order valence-corrected chi connectivity index (χ1v) is 3.70. The van der Waals surface area contributed by atoms with E-state index in [-0.39, 0.29) is 16.9 Å². The third-order valence-corrected chi connectivity index (χ3v) is 1.83. The highest BCUT2D eigenvalue weighted by Gasteiger charge is 2.18. The van der Waals surface area contributed by atoms with Gasteiger partial charge in [0.1, 0.15) is 5.82 Å². The van der Waals surface area contributed by atoms with Gasteiger partial charge in [0.05, 0.1) is 6.61 Å². The van der Waals surface area contributed by atoms with Crippen LogP contribution in [0, 0.1) is 6.92 Å². The van der Waals surface area contributed by atoms with E-state index < -0.39 is 13.0 Å². The number of halogens is 2. The number of hydrogen-bond donors (Lipinski definition) is 2. The fourth-order valence-electron chi connectivity index (χ4n) is 1.16. The average molecular weight is 188 g/mol. The number of alkyl halides is 2. The van der Waals surface area contributed by atoms with Crippen LogP contribution in [0.15, 0.2) is 6.20 Å². The Balaban J connectivity index is 3.35. The van der Waals surface area contributed by atoms with Crippen LogP contribution < -0.4 is 5.73 Å². The van der Waals surface area contributed by atoms with E-state index >= 15 is 0 Å². The number of aryl methyl sites for hydroxylation is 1. The summed E-state index contributed by atoms with van der Waals surface area (Å²) < 4.78 is 24.9. The topological polar surface area (TPSA) is 59.1 Å². The van der Waals surface area contributed by atoms with Gasteiger partial charge in [-0.05, 0) is 12.5 Å². The normalized spacial score (nSPS) is 10.8. The predicted molar refractivity (Wildman–Crippen MR) is 44.3 cm³/mol. The van der Waals surface area contributed by atoms with Gasteiger partial charge in [0.2, 0.25) is 0 Å². The molecule has 5 heteroatoms. The third kappa shape index (κ3) is 1.75. The zero-order valence-electron chi connectivity index (χ0n) is 7.09. The number of nitrogens with two attached hydrogens (primary N) is 1. The van der Waals surface area contributed by atoms with Gasteiger partial charge in [-0.15, -0.1) is 0 Å². The minimum absolute atomic E-state index is 0.0231. The summed E-state index contributed by atoms with van der Waals surface area (Å²) in [7, 11) is 0. The van der Waals surface area contributed by atoms with Gasteiger partial charge in [0.15, 0.2) is 0 Å². The van der Waals surface area contributed by atoms with Gasteiger partial charge < -0.3 is 10.8 Å². The largest absolute Gasteiger partial charge is 0.392 e. The molecular formula is C8H10F2N2O. The number of nitrogen functional groups attached to an aromatic ring is 1. The molecule has 3 N–H and O–H groups in total. The van der Waals surface area contributed by atoms with Crippen molar-refractivity contribution in [1.82, 2.24) is 4.98 Å². The van der Waals surface area contributed by atoms with Gasteiger partial charge in [-0.3, -0.25) is 0 Å². The second-order valence-electron chi connectivity index (χ2n) is 2.68. The van der Waals surface area contributed by atoms with E-state index in [4.69, 9.17) is 10.8 Å². The number of aliphatic hydroxyl groups excluding tert-OH is 1. The fourth-order valence-corrected chi connectivity index (χ4v) is 1.16. The van der Waals surface area contributed by atoms with Gasteiger partial charge >= 0.3 is 0 Å². The van der Waals surface area contributed by atoms with Crippen molar-refractivity contribution in [3.63, 3.8) is 0 Å². The zero-order chi connectivity index (χ0) is 10.0. The molecule has 0 saturated carbocycles. The van der Waals surface area contributed by atoms with Crippen LogP contribution >= 0.6 is 0 Å². The number of rotatable bonds is 2. The maximum atomic E-state index is 12.5. The predicted octanol–water partition coefficient (Wildman–Crippen LogP) is 1.40. The zero-order valence-corrected chi connectivity index (χ0v) is 7.09. The Morgan fingerprint density at radius 3 is 2.62 bits per heavy atom. The Kier molecular flexibility index (Phi) is 2.77. The van der Waals surface area contributed by atoms with E-state index in [1.54, 1.807) is 0 Å². The summed E-state index contributed by atoms with van der Waals surface area (Å²) in [5, 5.41) is 8.82. The summed E-state index contributed by atoms with van der Waals surface area (Å²) in [4.78, 5) is 3.68. The molecule has 1 rings (SSSR count). The lowest BCUT2D eigenvalue weighted by atomic mass is 10.1. The van der Waals surface area contributed by atoms with E-state index in [1.165, 1.54) is 13.1 Å².